The van der Waals surface area contributed by atoms with Crippen LogP contribution in [0.5, 0.6) is 0 Å². The first-order chi connectivity index (χ1) is 11.3. The Kier molecular flexibility index (Phi) is 10.0. The molecule has 2 atom stereocenters. The summed E-state index contributed by atoms with van der Waals surface area (Å²) in [4.78, 5) is 4.45. The van der Waals surface area contributed by atoms with E-state index in [0.29, 0.717) is 0 Å². The average Bonchev–Trinajstić information content (AvgIpc) is 2.50. The monoisotopic (exact) mass is 312 g/mol. The summed E-state index contributed by atoms with van der Waals surface area (Å²) in [6.07, 6.45) is 26.7. The minimum Gasteiger partial charge on any atom is -0.454 e. The normalized spacial score (nSPS) is 26.0. The Morgan fingerprint density at radius 3 is 2.65 bits per heavy atom. The van der Waals surface area contributed by atoms with E-state index in [0.717, 1.165) is 19.3 Å². The molecular weight excluding hydrogens is 284 g/mol. The predicted molar refractivity (Wildman–Crippen MR) is 100 cm³/mol. The highest BCUT2D eigenvalue weighted by atomic mass is 16.5. The molecule has 2 N–H and O–H groups in total. The fourth-order valence-corrected chi connectivity index (χ4v) is 2.08. The summed E-state index contributed by atoms with van der Waals surface area (Å²) >= 11 is 0. The number of nitrogens with zero attached hydrogens (tertiary/aromatic N) is 1. The summed E-state index contributed by atoms with van der Waals surface area (Å²) in [5.41, 5.74) is 5.96. The molecule has 3 heteroatoms. The summed E-state index contributed by atoms with van der Waals surface area (Å²) in [6.45, 7) is 4.12. The summed E-state index contributed by atoms with van der Waals surface area (Å²) in [5.74, 6) is 0. The molecule has 0 aliphatic heterocycles. The molecule has 3 nitrogen and oxygen atoms in total. The summed E-state index contributed by atoms with van der Waals surface area (Å²) in [6, 6.07) is 0.310. The van der Waals surface area contributed by atoms with Gasteiger partial charge in [0.1, 0.15) is 6.10 Å². The predicted octanol–water partition coefficient (Wildman–Crippen LogP) is 4.62. The zero-order valence-corrected chi connectivity index (χ0v) is 14.1. The molecule has 0 radical (unpaired) electrons. The van der Waals surface area contributed by atoms with Gasteiger partial charge in [-0.15, -0.1) is 0 Å². The third-order valence-corrected chi connectivity index (χ3v) is 3.14. The van der Waals surface area contributed by atoms with Crippen LogP contribution in [0.1, 0.15) is 33.1 Å². The number of ether oxygens (including phenoxy) is 1. The Hall–Kier alpha value is -2.29. The number of aliphatic imine (C=N–C) groups is 1. The van der Waals surface area contributed by atoms with E-state index >= 15 is 0 Å². The van der Waals surface area contributed by atoms with Crippen molar-refractivity contribution in [3.05, 3.63) is 72.9 Å². The van der Waals surface area contributed by atoms with Crippen LogP contribution < -0.4 is 5.73 Å². The van der Waals surface area contributed by atoms with Crippen molar-refractivity contribution < 1.29 is 4.74 Å². The maximum absolute atomic E-state index is 5.96. The van der Waals surface area contributed by atoms with Crippen molar-refractivity contribution in [2.45, 2.75) is 45.3 Å². The van der Waals surface area contributed by atoms with Crippen LogP contribution in [-0.2, 0) is 4.74 Å². The largest absolute Gasteiger partial charge is 0.454 e. The minimum atomic E-state index is -0.215. The van der Waals surface area contributed by atoms with E-state index in [1.165, 1.54) is 0 Å². The molecule has 23 heavy (non-hydrogen) atoms. The molecule has 0 saturated carbocycles. The lowest BCUT2D eigenvalue weighted by molar-refractivity contribution is 0.275. The van der Waals surface area contributed by atoms with Crippen LogP contribution in [0.3, 0.4) is 0 Å². The van der Waals surface area contributed by atoms with Gasteiger partial charge in [-0.05, 0) is 31.9 Å². The van der Waals surface area contributed by atoms with Crippen molar-refractivity contribution in [2.75, 3.05) is 0 Å². The van der Waals surface area contributed by atoms with Gasteiger partial charge in [0.05, 0.1) is 6.04 Å². The molecule has 124 valence electrons. The van der Waals surface area contributed by atoms with Gasteiger partial charge in [-0.3, -0.25) is 0 Å². The fourth-order valence-electron chi connectivity index (χ4n) is 2.08. The highest BCUT2D eigenvalue weighted by Gasteiger charge is 2.06. The molecule has 0 saturated heterocycles. The van der Waals surface area contributed by atoms with Gasteiger partial charge in [-0.1, -0.05) is 74.1 Å². The molecule has 0 bridgehead atoms. The van der Waals surface area contributed by atoms with E-state index in [9.17, 15) is 0 Å². The van der Waals surface area contributed by atoms with E-state index in [4.69, 9.17) is 10.5 Å². The van der Waals surface area contributed by atoms with E-state index in [2.05, 4.69) is 24.1 Å². The lowest BCUT2D eigenvalue weighted by Crippen LogP contribution is -2.24. The van der Waals surface area contributed by atoms with Crippen LogP contribution in [0.4, 0.5) is 0 Å². The Bertz CT molecular complexity index is 522. The number of allylic oxidation sites excluding steroid dienone is 9. The van der Waals surface area contributed by atoms with E-state index < -0.39 is 0 Å². The van der Waals surface area contributed by atoms with Crippen LogP contribution in [-0.4, -0.2) is 18.2 Å². The Morgan fingerprint density at radius 2 is 1.91 bits per heavy atom. The van der Waals surface area contributed by atoms with Gasteiger partial charge in [0.2, 0.25) is 0 Å². The molecule has 1 aliphatic rings. The van der Waals surface area contributed by atoms with Gasteiger partial charge in [-0.25, -0.2) is 4.99 Å². The van der Waals surface area contributed by atoms with Gasteiger partial charge in [0.25, 0.3) is 6.02 Å². The van der Waals surface area contributed by atoms with Crippen molar-refractivity contribution in [1.82, 2.24) is 0 Å². The molecule has 0 aromatic carbocycles. The maximum atomic E-state index is 5.96. The smallest absolute Gasteiger partial charge is 0.283 e. The Morgan fingerprint density at radius 1 is 1.17 bits per heavy atom. The van der Waals surface area contributed by atoms with E-state index in [1.54, 1.807) is 0 Å². The first-order valence-corrected chi connectivity index (χ1v) is 8.22. The van der Waals surface area contributed by atoms with Crippen molar-refractivity contribution in [1.29, 1.82) is 0 Å². The van der Waals surface area contributed by atoms with Crippen molar-refractivity contribution in [2.24, 2.45) is 10.7 Å². The topological polar surface area (TPSA) is 47.6 Å². The van der Waals surface area contributed by atoms with Gasteiger partial charge < -0.3 is 10.5 Å². The zero-order valence-electron chi connectivity index (χ0n) is 14.1. The van der Waals surface area contributed by atoms with Gasteiger partial charge in [0.15, 0.2) is 0 Å². The first-order valence-electron chi connectivity index (χ1n) is 8.22. The Balaban J connectivity index is 2.76. The first kappa shape index (κ1) is 18.8. The second-order valence-corrected chi connectivity index (χ2v) is 5.18. The number of amidine groups is 1. The maximum Gasteiger partial charge on any atom is 0.283 e. The SMILES string of the molecule is C/C=C\C(CCC)N=C(N)OC1C=CC\C=C/C=C\C=C/C=C\1. The van der Waals surface area contributed by atoms with E-state index in [1.807, 2.05) is 67.7 Å². The van der Waals surface area contributed by atoms with Crippen LogP contribution in [0.25, 0.3) is 0 Å². The van der Waals surface area contributed by atoms with Gasteiger partial charge in [0, 0.05) is 0 Å². The molecule has 0 heterocycles. The molecule has 1 rings (SSSR count). The van der Waals surface area contributed by atoms with Crippen molar-refractivity contribution in [3.63, 3.8) is 0 Å². The van der Waals surface area contributed by atoms with Crippen LogP contribution in [0.2, 0.25) is 0 Å². The molecule has 2 unspecified atom stereocenters. The fraction of sp³-hybridized carbons (Fsp3) is 0.350. The molecule has 0 aromatic rings. The van der Waals surface area contributed by atoms with Gasteiger partial charge >= 0.3 is 0 Å². The van der Waals surface area contributed by atoms with Crippen LogP contribution in [0.15, 0.2) is 77.9 Å². The molecule has 0 amide bonds. The molecule has 0 aromatic heterocycles. The third kappa shape index (κ3) is 9.35. The molecule has 0 spiro atoms. The quantitative estimate of drug-likeness (QED) is 0.457. The lowest BCUT2D eigenvalue weighted by atomic mass is 10.1. The van der Waals surface area contributed by atoms with Crippen molar-refractivity contribution in [3.8, 4) is 0 Å². The second kappa shape index (κ2) is 12.3. The zero-order chi connectivity index (χ0) is 16.8. The minimum absolute atomic E-state index is 0.0807. The van der Waals surface area contributed by atoms with Crippen LogP contribution >= 0.6 is 0 Å². The van der Waals surface area contributed by atoms with Crippen molar-refractivity contribution >= 4 is 6.02 Å². The van der Waals surface area contributed by atoms with Crippen LogP contribution in [0, 0.1) is 0 Å². The Labute approximate surface area is 140 Å². The molecular formula is C20H28N2O. The number of hydrogen-bond donors (Lipinski definition) is 1. The standard InChI is InChI=1S/C20H28N2O/c1-3-14-18(15-4-2)22-20(21)23-19-16-12-10-8-6-5-7-9-11-13-17-19/h3,5-10,12-14,16-19H,4,11,15H2,1-2H3,(H2,21,22)/b6-5-,9-7-,10-8-,14-3-,16-12-,17-13?. The highest BCUT2D eigenvalue weighted by Crippen LogP contribution is 2.06. The van der Waals surface area contributed by atoms with Gasteiger partial charge in [-0.2, -0.15) is 0 Å². The summed E-state index contributed by atoms with van der Waals surface area (Å²) in [5, 5.41) is 0. The lowest BCUT2D eigenvalue weighted by Gasteiger charge is -2.13. The number of nitrogens with two attached hydrogens (primary N) is 1. The second-order valence-electron chi connectivity index (χ2n) is 5.18. The average molecular weight is 312 g/mol. The molecule has 1 aliphatic carbocycles. The number of hydrogen-bond acceptors (Lipinski definition) is 2. The summed E-state index contributed by atoms with van der Waals surface area (Å²) in [7, 11) is 0. The molecule has 0 fully saturated rings. The summed E-state index contributed by atoms with van der Waals surface area (Å²) < 4.78 is 5.76. The third-order valence-electron chi connectivity index (χ3n) is 3.14. The van der Waals surface area contributed by atoms with E-state index in [-0.39, 0.29) is 18.2 Å². The highest BCUT2D eigenvalue weighted by molar-refractivity contribution is 5.72. The number of rotatable bonds is 5.